The lowest BCUT2D eigenvalue weighted by Crippen LogP contribution is -2.47. The first kappa shape index (κ1) is 16.0. The Hall–Kier alpha value is -0.360. The van der Waals surface area contributed by atoms with Gasteiger partial charge >= 0.3 is 0 Å². The van der Waals surface area contributed by atoms with Crippen molar-refractivity contribution < 1.29 is 4.79 Å². The number of rotatable bonds is 6. The highest BCUT2D eigenvalue weighted by Crippen LogP contribution is 2.30. The van der Waals surface area contributed by atoms with Crippen molar-refractivity contribution in [1.82, 2.24) is 9.80 Å². The van der Waals surface area contributed by atoms with E-state index in [0.717, 1.165) is 37.6 Å². The number of Topliss-reactive ketones (excluding diaryl/α,β-unsaturated/α-hetero) is 1. The molecular formula is C15H24N2OS2. The van der Waals surface area contributed by atoms with Crippen molar-refractivity contribution in [1.29, 1.82) is 0 Å². The molecular weight excluding hydrogens is 288 g/mol. The monoisotopic (exact) mass is 312 g/mol. The number of carbonyl (C=O) groups is 1. The fourth-order valence-electron chi connectivity index (χ4n) is 2.31. The molecule has 3 nitrogen and oxygen atoms in total. The zero-order valence-electron chi connectivity index (χ0n) is 12.6. The molecule has 0 unspecified atom stereocenters. The molecule has 0 radical (unpaired) electrons. The highest BCUT2D eigenvalue weighted by Gasteiger charge is 2.19. The zero-order valence-corrected chi connectivity index (χ0v) is 14.2. The van der Waals surface area contributed by atoms with E-state index in [4.69, 9.17) is 0 Å². The average Bonchev–Trinajstić information content (AvgIpc) is 2.87. The number of thiophene rings is 1. The van der Waals surface area contributed by atoms with E-state index < -0.39 is 0 Å². The van der Waals surface area contributed by atoms with Gasteiger partial charge in [0.1, 0.15) is 0 Å². The van der Waals surface area contributed by atoms with Crippen LogP contribution in [0.1, 0.15) is 30.4 Å². The van der Waals surface area contributed by atoms with Gasteiger partial charge in [0.25, 0.3) is 0 Å². The van der Waals surface area contributed by atoms with E-state index in [-0.39, 0.29) is 5.78 Å². The van der Waals surface area contributed by atoms with Crippen molar-refractivity contribution in [2.24, 2.45) is 0 Å². The fourth-order valence-corrected chi connectivity index (χ4v) is 4.63. The Labute approximate surface area is 130 Å². The lowest BCUT2D eigenvalue weighted by molar-refractivity contribution is 0.0863. The standard InChI is InChI=1S/C15H24N2OS2/c1-4-16-7-9-17(10-8-16)11-13(18)14-5-6-15(20-14)19-12(2)3/h5-6,12H,4,7-11H2,1-3H3. The minimum Gasteiger partial charge on any atom is -0.301 e. The maximum Gasteiger partial charge on any atom is 0.186 e. The van der Waals surface area contributed by atoms with Crippen molar-refractivity contribution in [3.8, 4) is 0 Å². The number of likely N-dealkylation sites (N-methyl/N-ethyl adjacent to an activating group) is 1. The zero-order chi connectivity index (χ0) is 14.5. The number of hydrogen-bond donors (Lipinski definition) is 0. The van der Waals surface area contributed by atoms with Gasteiger partial charge in [-0.1, -0.05) is 20.8 Å². The summed E-state index contributed by atoms with van der Waals surface area (Å²) in [7, 11) is 0. The molecule has 1 fully saturated rings. The lowest BCUT2D eigenvalue weighted by atomic mass is 10.2. The topological polar surface area (TPSA) is 23.6 Å². The van der Waals surface area contributed by atoms with Gasteiger partial charge in [-0.15, -0.1) is 23.1 Å². The summed E-state index contributed by atoms with van der Waals surface area (Å²) in [4.78, 5) is 17.9. The molecule has 0 bridgehead atoms. The number of piperazine rings is 1. The highest BCUT2D eigenvalue weighted by atomic mass is 32.2. The molecule has 20 heavy (non-hydrogen) atoms. The summed E-state index contributed by atoms with van der Waals surface area (Å²) in [5, 5.41) is 0.568. The van der Waals surface area contributed by atoms with Gasteiger partial charge in [-0.05, 0) is 18.7 Å². The van der Waals surface area contributed by atoms with Gasteiger partial charge < -0.3 is 4.90 Å². The summed E-state index contributed by atoms with van der Waals surface area (Å²) < 4.78 is 1.25. The summed E-state index contributed by atoms with van der Waals surface area (Å²) in [6, 6.07) is 4.07. The molecule has 0 aliphatic carbocycles. The quantitative estimate of drug-likeness (QED) is 0.595. The number of hydrogen-bond acceptors (Lipinski definition) is 5. The molecule has 0 saturated carbocycles. The van der Waals surface area contributed by atoms with Crippen LogP contribution >= 0.6 is 23.1 Å². The van der Waals surface area contributed by atoms with Crippen LogP contribution in [0.4, 0.5) is 0 Å². The van der Waals surface area contributed by atoms with Crippen LogP contribution in [0.5, 0.6) is 0 Å². The lowest BCUT2D eigenvalue weighted by Gasteiger charge is -2.33. The molecule has 2 rings (SSSR count). The number of nitrogens with zero attached hydrogens (tertiary/aromatic N) is 2. The normalized spacial score (nSPS) is 17.8. The van der Waals surface area contributed by atoms with Gasteiger partial charge in [-0.3, -0.25) is 9.69 Å². The van der Waals surface area contributed by atoms with Crippen molar-refractivity contribution in [2.75, 3.05) is 39.3 Å². The maximum absolute atomic E-state index is 12.3. The molecule has 0 spiro atoms. The van der Waals surface area contributed by atoms with Crippen molar-refractivity contribution in [3.05, 3.63) is 17.0 Å². The van der Waals surface area contributed by atoms with E-state index >= 15 is 0 Å². The summed E-state index contributed by atoms with van der Waals surface area (Å²) in [6.07, 6.45) is 0. The Morgan fingerprint density at radius 3 is 2.50 bits per heavy atom. The Morgan fingerprint density at radius 2 is 1.90 bits per heavy atom. The van der Waals surface area contributed by atoms with Crippen LogP contribution < -0.4 is 0 Å². The highest BCUT2D eigenvalue weighted by molar-refractivity contribution is 8.01. The van der Waals surface area contributed by atoms with Crippen LogP contribution in [0.15, 0.2) is 16.3 Å². The van der Waals surface area contributed by atoms with Gasteiger partial charge in [0.2, 0.25) is 0 Å². The molecule has 0 amide bonds. The second-order valence-corrected chi connectivity index (χ2v) is 8.38. The average molecular weight is 313 g/mol. The molecule has 0 N–H and O–H groups in total. The van der Waals surface area contributed by atoms with Gasteiger partial charge in [0.05, 0.1) is 15.6 Å². The molecule has 0 atom stereocenters. The second-order valence-electron chi connectivity index (χ2n) is 5.42. The van der Waals surface area contributed by atoms with Crippen LogP contribution in [-0.4, -0.2) is 60.1 Å². The first-order valence-electron chi connectivity index (χ1n) is 7.33. The molecule has 1 saturated heterocycles. The van der Waals surface area contributed by atoms with Crippen LogP contribution in [0.3, 0.4) is 0 Å². The third-order valence-electron chi connectivity index (χ3n) is 3.49. The number of ketones is 1. The van der Waals surface area contributed by atoms with Crippen LogP contribution in [0, 0.1) is 0 Å². The van der Waals surface area contributed by atoms with Crippen molar-refractivity contribution in [2.45, 2.75) is 30.2 Å². The van der Waals surface area contributed by atoms with E-state index in [2.05, 4.69) is 36.6 Å². The number of thioether (sulfide) groups is 1. The first-order chi connectivity index (χ1) is 9.58. The van der Waals surface area contributed by atoms with Gasteiger partial charge in [0.15, 0.2) is 5.78 Å². The summed E-state index contributed by atoms with van der Waals surface area (Å²) >= 11 is 3.47. The van der Waals surface area contributed by atoms with E-state index in [9.17, 15) is 4.79 Å². The summed E-state index contributed by atoms with van der Waals surface area (Å²) in [5.41, 5.74) is 0. The third kappa shape index (κ3) is 4.58. The molecule has 5 heteroatoms. The third-order valence-corrected chi connectivity index (χ3v) is 5.79. The van der Waals surface area contributed by atoms with Crippen LogP contribution in [0.2, 0.25) is 0 Å². The van der Waals surface area contributed by atoms with E-state index in [1.807, 2.05) is 17.8 Å². The SMILES string of the molecule is CCN1CCN(CC(=O)c2ccc(SC(C)C)s2)CC1. The molecule has 1 aromatic rings. The Kier molecular flexibility index (Phi) is 6.08. The van der Waals surface area contributed by atoms with Gasteiger partial charge in [-0.25, -0.2) is 0 Å². The molecule has 112 valence electrons. The summed E-state index contributed by atoms with van der Waals surface area (Å²) in [6.45, 7) is 12.4. The predicted octanol–water partition coefficient (Wildman–Crippen LogP) is 3.07. The van der Waals surface area contributed by atoms with E-state index in [0.29, 0.717) is 11.8 Å². The first-order valence-corrected chi connectivity index (χ1v) is 9.02. The maximum atomic E-state index is 12.3. The summed E-state index contributed by atoms with van der Waals surface area (Å²) in [5.74, 6) is 0.274. The molecule has 1 aliphatic rings. The fraction of sp³-hybridized carbons (Fsp3) is 0.667. The minimum absolute atomic E-state index is 0.274. The molecule has 1 aliphatic heterocycles. The minimum atomic E-state index is 0.274. The van der Waals surface area contributed by atoms with Crippen LogP contribution in [0.25, 0.3) is 0 Å². The Morgan fingerprint density at radius 1 is 1.25 bits per heavy atom. The van der Waals surface area contributed by atoms with E-state index in [1.54, 1.807) is 11.3 Å². The predicted molar refractivity (Wildman–Crippen MR) is 88.2 cm³/mol. The Bertz CT molecular complexity index is 437. The Balaban J connectivity index is 1.84. The van der Waals surface area contributed by atoms with Crippen molar-refractivity contribution >= 4 is 28.9 Å². The largest absolute Gasteiger partial charge is 0.301 e. The van der Waals surface area contributed by atoms with Crippen molar-refractivity contribution in [3.63, 3.8) is 0 Å². The molecule has 0 aromatic carbocycles. The smallest absolute Gasteiger partial charge is 0.186 e. The second kappa shape index (κ2) is 7.59. The van der Waals surface area contributed by atoms with Gasteiger partial charge in [0, 0.05) is 31.4 Å². The van der Waals surface area contributed by atoms with Gasteiger partial charge in [-0.2, -0.15) is 0 Å². The molecule has 2 heterocycles. The van der Waals surface area contributed by atoms with Crippen LogP contribution in [-0.2, 0) is 0 Å². The molecule has 1 aromatic heterocycles. The van der Waals surface area contributed by atoms with E-state index in [1.165, 1.54) is 4.21 Å². The number of carbonyl (C=O) groups excluding carboxylic acids is 1.